The summed E-state index contributed by atoms with van der Waals surface area (Å²) in [6.45, 7) is 0. The SMILES string of the molecule is N#C/C(=N\Nc1ccc([N+](=O)[O-])cc1S)C(=N)N. The van der Waals surface area contributed by atoms with Gasteiger partial charge in [-0.15, -0.1) is 12.6 Å². The molecule has 0 fully saturated rings. The van der Waals surface area contributed by atoms with E-state index in [-0.39, 0.29) is 16.3 Å². The van der Waals surface area contributed by atoms with E-state index in [9.17, 15) is 10.1 Å². The average Bonchev–Trinajstić information content (AvgIpc) is 2.30. The van der Waals surface area contributed by atoms with Crippen molar-refractivity contribution in [3.05, 3.63) is 28.3 Å². The van der Waals surface area contributed by atoms with Gasteiger partial charge in [0.1, 0.15) is 6.07 Å². The molecule has 92 valence electrons. The average molecular weight is 264 g/mol. The van der Waals surface area contributed by atoms with Crippen LogP contribution in [0.1, 0.15) is 0 Å². The Labute approximate surface area is 107 Å². The van der Waals surface area contributed by atoms with E-state index in [0.717, 1.165) is 0 Å². The van der Waals surface area contributed by atoms with Gasteiger partial charge in [-0.25, -0.2) is 0 Å². The third-order valence-corrected chi connectivity index (χ3v) is 2.21. The lowest BCUT2D eigenvalue weighted by molar-refractivity contribution is -0.385. The van der Waals surface area contributed by atoms with Crippen molar-refractivity contribution in [2.45, 2.75) is 4.90 Å². The van der Waals surface area contributed by atoms with E-state index < -0.39 is 10.8 Å². The zero-order valence-corrected chi connectivity index (χ0v) is 9.81. The Morgan fingerprint density at radius 2 is 2.33 bits per heavy atom. The van der Waals surface area contributed by atoms with Gasteiger partial charge in [0.2, 0.25) is 5.71 Å². The van der Waals surface area contributed by atoms with Crippen LogP contribution < -0.4 is 11.2 Å². The maximum absolute atomic E-state index is 10.5. The van der Waals surface area contributed by atoms with Crippen LogP contribution in [0.4, 0.5) is 11.4 Å². The molecule has 0 aliphatic heterocycles. The van der Waals surface area contributed by atoms with Crippen molar-refractivity contribution in [3.63, 3.8) is 0 Å². The second kappa shape index (κ2) is 5.65. The van der Waals surface area contributed by atoms with Gasteiger partial charge in [0.25, 0.3) is 5.69 Å². The number of benzene rings is 1. The minimum atomic E-state index is -0.553. The van der Waals surface area contributed by atoms with E-state index in [1.165, 1.54) is 18.2 Å². The van der Waals surface area contributed by atoms with Crippen LogP contribution >= 0.6 is 12.6 Å². The van der Waals surface area contributed by atoms with Gasteiger partial charge in [0, 0.05) is 17.0 Å². The summed E-state index contributed by atoms with van der Waals surface area (Å²) in [5.74, 6) is -0.479. The van der Waals surface area contributed by atoms with Crippen LogP contribution in [0.25, 0.3) is 0 Å². The molecule has 0 heterocycles. The van der Waals surface area contributed by atoms with Crippen LogP contribution in [0, 0.1) is 26.9 Å². The Bertz CT molecular complexity index is 577. The van der Waals surface area contributed by atoms with Gasteiger partial charge in [0.15, 0.2) is 5.84 Å². The van der Waals surface area contributed by atoms with E-state index in [1.54, 1.807) is 6.07 Å². The predicted octanol–water partition coefficient (Wildman–Crippen LogP) is 1.11. The van der Waals surface area contributed by atoms with Crippen molar-refractivity contribution in [1.82, 2.24) is 0 Å². The fourth-order valence-electron chi connectivity index (χ4n) is 0.990. The molecular formula is C9H8N6O2S. The van der Waals surface area contributed by atoms with Crippen LogP contribution in [-0.2, 0) is 0 Å². The third kappa shape index (κ3) is 3.19. The summed E-state index contributed by atoms with van der Waals surface area (Å²) < 4.78 is 0. The predicted molar refractivity (Wildman–Crippen MR) is 68.9 cm³/mol. The highest BCUT2D eigenvalue weighted by molar-refractivity contribution is 7.80. The quantitative estimate of drug-likeness (QED) is 0.212. The molecule has 9 heteroatoms. The lowest BCUT2D eigenvalue weighted by Gasteiger charge is -2.04. The number of non-ortho nitro benzene ring substituents is 1. The van der Waals surface area contributed by atoms with Gasteiger partial charge in [-0.2, -0.15) is 10.4 Å². The number of nitrogens with zero attached hydrogens (tertiary/aromatic N) is 3. The molecule has 8 nitrogen and oxygen atoms in total. The van der Waals surface area contributed by atoms with Gasteiger partial charge in [-0.05, 0) is 6.07 Å². The summed E-state index contributed by atoms with van der Waals surface area (Å²) in [4.78, 5) is 10.2. The van der Waals surface area contributed by atoms with Crippen molar-refractivity contribution in [2.75, 3.05) is 5.43 Å². The first kappa shape index (κ1) is 13.5. The lowest BCUT2D eigenvalue weighted by Crippen LogP contribution is -2.21. The van der Waals surface area contributed by atoms with Crippen LogP contribution in [0.2, 0.25) is 0 Å². The van der Waals surface area contributed by atoms with E-state index in [0.29, 0.717) is 5.69 Å². The van der Waals surface area contributed by atoms with Gasteiger partial charge >= 0.3 is 0 Å². The zero-order valence-electron chi connectivity index (χ0n) is 8.91. The van der Waals surface area contributed by atoms with Gasteiger partial charge in [0.05, 0.1) is 10.6 Å². The van der Waals surface area contributed by atoms with E-state index in [4.69, 9.17) is 16.4 Å². The van der Waals surface area contributed by atoms with E-state index >= 15 is 0 Å². The number of nitro benzene ring substituents is 1. The number of nitro groups is 1. The van der Waals surface area contributed by atoms with Gasteiger partial charge in [-0.1, -0.05) is 0 Å². The van der Waals surface area contributed by atoms with Crippen LogP contribution in [0.3, 0.4) is 0 Å². The topological polar surface area (TPSA) is 141 Å². The molecule has 0 aliphatic carbocycles. The summed E-state index contributed by atoms with van der Waals surface area (Å²) in [7, 11) is 0. The summed E-state index contributed by atoms with van der Waals surface area (Å²) in [6.07, 6.45) is 0. The number of amidine groups is 1. The number of hydrazone groups is 1. The Kier molecular flexibility index (Phi) is 4.22. The van der Waals surface area contributed by atoms with Crippen molar-refractivity contribution in [1.29, 1.82) is 10.7 Å². The molecule has 0 bridgehead atoms. The minimum absolute atomic E-state index is 0.110. The lowest BCUT2D eigenvalue weighted by atomic mass is 10.3. The highest BCUT2D eigenvalue weighted by Crippen LogP contribution is 2.24. The minimum Gasteiger partial charge on any atom is -0.382 e. The smallest absolute Gasteiger partial charge is 0.270 e. The Morgan fingerprint density at radius 1 is 1.67 bits per heavy atom. The van der Waals surface area contributed by atoms with Crippen LogP contribution in [0.5, 0.6) is 0 Å². The standard InChI is InChI=1S/C9H8N6O2S/c10-4-7(9(11)12)14-13-6-2-1-5(15(16)17)3-8(6)18/h1-3,13,18H,(H3,11,12)/b14-7+. The molecule has 0 spiro atoms. The number of hydrogen-bond acceptors (Lipinski definition) is 7. The second-order valence-corrected chi connectivity index (χ2v) is 3.54. The molecule has 1 aromatic rings. The number of hydrogen-bond donors (Lipinski definition) is 4. The number of anilines is 1. The molecular weight excluding hydrogens is 256 g/mol. The first-order valence-corrected chi connectivity index (χ1v) is 4.96. The van der Waals surface area contributed by atoms with Crippen molar-refractivity contribution in [3.8, 4) is 6.07 Å². The van der Waals surface area contributed by atoms with Crippen molar-refractivity contribution < 1.29 is 4.92 Å². The second-order valence-electron chi connectivity index (χ2n) is 3.06. The van der Waals surface area contributed by atoms with E-state index in [2.05, 4.69) is 23.2 Å². The number of nitrogens with two attached hydrogens (primary N) is 1. The molecule has 0 saturated heterocycles. The van der Waals surface area contributed by atoms with Gasteiger partial charge in [-0.3, -0.25) is 20.9 Å². The number of thiol groups is 1. The highest BCUT2D eigenvalue weighted by atomic mass is 32.1. The molecule has 4 N–H and O–H groups in total. The fraction of sp³-hybridized carbons (Fsp3) is 0. The molecule has 1 rings (SSSR count). The number of nitriles is 1. The molecule has 0 unspecified atom stereocenters. The molecule has 18 heavy (non-hydrogen) atoms. The molecule has 0 saturated carbocycles. The zero-order chi connectivity index (χ0) is 13.7. The maximum Gasteiger partial charge on any atom is 0.270 e. The molecule has 0 aliphatic rings. The number of nitrogens with one attached hydrogen (secondary N) is 2. The summed E-state index contributed by atoms with van der Waals surface area (Å²) >= 11 is 4.04. The summed E-state index contributed by atoms with van der Waals surface area (Å²) in [6, 6.07) is 5.51. The summed E-state index contributed by atoms with van der Waals surface area (Å²) in [5, 5.41) is 29.7. The third-order valence-electron chi connectivity index (χ3n) is 1.84. The first-order valence-electron chi connectivity index (χ1n) is 4.51. The Morgan fingerprint density at radius 3 is 2.78 bits per heavy atom. The maximum atomic E-state index is 10.5. The Hall–Kier alpha value is -2.60. The molecule has 0 aromatic heterocycles. The fourth-order valence-corrected chi connectivity index (χ4v) is 1.25. The molecule has 0 amide bonds. The van der Waals surface area contributed by atoms with Crippen molar-refractivity contribution >= 4 is 35.6 Å². The molecule has 0 radical (unpaired) electrons. The Balaban J connectivity index is 2.97. The van der Waals surface area contributed by atoms with Crippen LogP contribution in [0.15, 0.2) is 28.2 Å². The first-order chi connectivity index (χ1) is 8.45. The number of rotatable bonds is 4. The van der Waals surface area contributed by atoms with Gasteiger partial charge < -0.3 is 5.73 Å². The molecule has 1 aromatic carbocycles. The monoisotopic (exact) mass is 264 g/mol. The normalized spacial score (nSPS) is 10.6. The highest BCUT2D eigenvalue weighted by Gasteiger charge is 2.08. The summed E-state index contributed by atoms with van der Waals surface area (Å²) in [5.41, 5.74) is 7.51. The van der Waals surface area contributed by atoms with Crippen LogP contribution in [-0.4, -0.2) is 16.5 Å². The largest absolute Gasteiger partial charge is 0.382 e. The van der Waals surface area contributed by atoms with E-state index in [1.807, 2.05) is 0 Å². The van der Waals surface area contributed by atoms with Crippen molar-refractivity contribution in [2.24, 2.45) is 10.8 Å². The molecule has 0 atom stereocenters.